The first-order valence-electron chi connectivity index (χ1n) is 17.2. The molecular formula is C33H59N7O7S. The highest BCUT2D eigenvalue weighted by Crippen LogP contribution is 2.33. The smallest absolute Gasteiger partial charge is 0.315 e. The molecule has 0 saturated carbocycles. The summed E-state index contributed by atoms with van der Waals surface area (Å²) in [6, 6.07) is 0.391. The molecule has 2 aliphatic heterocycles. The largest absolute Gasteiger partial charge is 0.382 e. The number of nitrogens with one attached hydrogen (secondary N) is 4. The number of nitrogens with zero attached hydrogens (tertiary/aromatic N) is 3. The zero-order valence-corrected chi connectivity index (χ0v) is 30.8. The molecule has 0 spiro atoms. The van der Waals surface area contributed by atoms with Crippen LogP contribution in [-0.4, -0.2) is 113 Å². The molecule has 0 aromatic carbocycles. The van der Waals surface area contributed by atoms with Gasteiger partial charge in [-0.05, 0) is 67.2 Å². The number of unbranched alkanes of at least 4 members (excludes halogenated alkanes) is 1. The topological polar surface area (TPSA) is 167 Å². The van der Waals surface area contributed by atoms with Crippen molar-refractivity contribution in [2.45, 2.75) is 134 Å². The molecule has 0 aliphatic carbocycles. The Morgan fingerprint density at radius 2 is 1.77 bits per heavy atom. The third-order valence-electron chi connectivity index (χ3n) is 8.44. The fourth-order valence-corrected chi connectivity index (χ4v) is 7.18. The summed E-state index contributed by atoms with van der Waals surface area (Å²) >= 11 is 1.90. The molecule has 2 saturated heterocycles. The molecule has 3 heterocycles. The van der Waals surface area contributed by atoms with E-state index in [-0.39, 0.29) is 29.9 Å². The van der Waals surface area contributed by atoms with E-state index in [9.17, 15) is 14.4 Å². The molecular weight excluding hydrogens is 638 g/mol. The van der Waals surface area contributed by atoms with Gasteiger partial charge in [0.2, 0.25) is 11.8 Å². The number of thioether (sulfide) groups is 1. The molecule has 0 bridgehead atoms. The van der Waals surface area contributed by atoms with Crippen LogP contribution >= 0.6 is 11.8 Å². The third kappa shape index (κ3) is 15.0. The SMILES string of the molecule is COCC(C)(C)NC(=O)CCC(C)(C)OCCC(C)(C)OCc1cn(CCOCCNC(=O)CCCCC2SCC3NC(=O)NC32)nn1. The minimum atomic E-state index is -0.441. The van der Waals surface area contributed by atoms with Gasteiger partial charge in [0, 0.05) is 37.5 Å². The van der Waals surface area contributed by atoms with E-state index in [2.05, 4.69) is 31.6 Å². The van der Waals surface area contributed by atoms with Gasteiger partial charge in [-0.15, -0.1) is 5.10 Å². The van der Waals surface area contributed by atoms with Gasteiger partial charge in [0.15, 0.2) is 0 Å². The van der Waals surface area contributed by atoms with Crippen LogP contribution in [0.25, 0.3) is 0 Å². The van der Waals surface area contributed by atoms with E-state index >= 15 is 0 Å². The van der Waals surface area contributed by atoms with Crippen molar-refractivity contribution in [3.63, 3.8) is 0 Å². The second kappa shape index (κ2) is 19.1. The van der Waals surface area contributed by atoms with Crippen LogP contribution in [0.4, 0.5) is 4.79 Å². The van der Waals surface area contributed by atoms with Crippen molar-refractivity contribution in [2.24, 2.45) is 0 Å². The van der Waals surface area contributed by atoms with Crippen LogP contribution in [0.3, 0.4) is 0 Å². The number of hydrogen-bond donors (Lipinski definition) is 4. The highest BCUT2D eigenvalue weighted by atomic mass is 32.2. The number of carbonyl (C=O) groups excluding carboxylic acids is 3. The van der Waals surface area contributed by atoms with Crippen LogP contribution in [0.15, 0.2) is 6.20 Å². The van der Waals surface area contributed by atoms with Gasteiger partial charge in [0.25, 0.3) is 0 Å². The molecule has 274 valence electrons. The summed E-state index contributed by atoms with van der Waals surface area (Å²) < 4.78 is 24.8. The molecule has 3 atom stereocenters. The average molecular weight is 698 g/mol. The molecule has 3 rings (SSSR count). The van der Waals surface area contributed by atoms with Gasteiger partial charge in [-0.25, -0.2) is 9.48 Å². The number of rotatable bonds is 24. The Labute approximate surface area is 290 Å². The fraction of sp³-hybridized carbons (Fsp3) is 0.848. The van der Waals surface area contributed by atoms with E-state index in [0.717, 1.165) is 30.7 Å². The quantitative estimate of drug-likeness (QED) is 0.0932. The Hall–Kier alpha value is -2.46. The molecule has 2 fully saturated rings. The van der Waals surface area contributed by atoms with E-state index in [1.165, 1.54) is 0 Å². The van der Waals surface area contributed by atoms with Crippen molar-refractivity contribution < 1.29 is 33.3 Å². The molecule has 4 N–H and O–H groups in total. The maximum absolute atomic E-state index is 12.4. The van der Waals surface area contributed by atoms with E-state index in [1.54, 1.807) is 11.8 Å². The van der Waals surface area contributed by atoms with Crippen molar-refractivity contribution in [3.05, 3.63) is 11.9 Å². The third-order valence-corrected chi connectivity index (χ3v) is 9.95. The first-order valence-corrected chi connectivity index (χ1v) is 18.2. The minimum Gasteiger partial charge on any atom is -0.382 e. The van der Waals surface area contributed by atoms with Crippen LogP contribution in [-0.2, 0) is 41.7 Å². The Morgan fingerprint density at radius 3 is 2.54 bits per heavy atom. The van der Waals surface area contributed by atoms with E-state index < -0.39 is 16.7 Å². The lowest BCUT2D eigenvalue weighted by Crippen LogP contribution is -2.47. The monoisotopic (exact) mass is 697 g/mol. The molecule has 1 aromatic rings. The summed E-state index contributed by atoms with van der Waals surface area (Å²) in [6.45, 7) is 15.1. The number of methoxy groups -OCH3 is 1. The standard InChI is InChI=1S/C33H59N7O7S/c1-31(2,23-44-7)37-28(42)12-13-32(3,4)46-17-14-33(5,6)47-21-24-20-40(39-38-24)16-19-45-18-15-34-27(41)11-9-8-10-26-29-25(22-48-26)35-30(43)36-29/h20,25-26,29H,8-19,21-23H2,1-7H3,(H,34,41)(H,37,42)(H2,35,36,43). The van der Waals surface area contributed by atoms with Crippen molar-refractivity contribution in [2.75, 3.05) is 45.8 Å². The van der Waals surface area contributed by atoms with Crippen molar-refractivity contribution >= 4 is 29.6 Å². The maximum atomic E-state index is 12.4. The number of carbonyl (C=O) groups is 3. The second-order valence-corrected chi connectivity index (χ2v) is 15.8. The van der Waals surface area contributed by atoms with Crippen LogP contribution in [0.1, 0.15) is 92.2 Å². The minimum absolute atomic E-state index is 0.0170. The van der Waals surface area contributed by atoms with Gasteiger partial charge >= 0.3 is 6.03 Å². The fourth-order valence-electron chi connectivity index (χ4n) is 5.64. The Bertz CT molecular complexity index is 1160. The number of fused-ring (bicyclic) bond motifs is 1. The van der Waals surface area contributed by atoms with Gasteiger partial charge in [-0.3, -0.25) is 9.59 Å². The highest BCUT2D eigenvalue weighted by molar-refractivity contribution is 8.00. The summed E-state index contributed by atoms with van der Waals surface area (Å²) in [5.74, 6) is 0.973. The summed E-state index contributed by atoms with van der Waals surface area (Å²) in [5.41, 5.74) is -0.548. The predicted molar refractivity (Wildman–Crippen MR) is 185 cm³/mol. The van der Waals surface area contributed by atoms with Crippen LogP contribution in [0.5, 0.6) is 0 Å². The van der Waals surface area contributed by atoms with E-state index in [0.29, 0.717) is 77.1 Å². The normalized spacial score (nSPS) is 19.6. The highest BCUT2D eigenvalue weighted by Gasteiger charge is 2.42. The summed E-state index contributed by atoms with van der Waals surface area (Å²) in [4.78, 5) is 36.0. The second-order valence-electron chi connectivity index (χ2n) is 14.6. The van der Waals surface area contributed by atoms with E-state index in [1.807, 2.05) is 59.5 Å². The van der Waals surface area contributed by atoms with Crippen molar-refractivity contribution in [3.8, 4) is 0 Å². The molecule has 4 amide bonds. The zero-order valence-electron chi connectivity index (χ0n) is 30.0. The first-order chi connectivity index (χ1) is 22.7. The zero-order chi connectivity index (χ0) is 35.2. The van der Waals surface area contributed by atoms with Gasteiger partial charge in [0.1, 0.15) is 5.69 Å². The molecule has 14 nitrogen and oxygen atoms in total. The van der Waals surface area contributed by atoms with Crippen LogP contribution in [0, 0.1) is 0 Å². The van der Waals surface area contributed by atoms with Crippen LogP contribution < -0.4 is 21.3 Å². The lowest BCUT2D eigenvalue weighted by atomic mass is 10.00. The van der Waals surface area contributed by atoms with Gasteiger partial charge in [-0.2, -0.15) is 11.8 Å². The Morgan fingerprint density at radius 1 is 1.00 bits per heavy atom. The number of aromatic nitrogens is 3. The molecule has 3 unspecified atom stereocenters. The predicted octanol–water partition coefficient (Wildman–Crippen LogP) is 2.94. The molecule has 2 aliphatic rings. The summed E-state index contributed by atoms with van der Waals surface area (Å²) in [6.07, 6.45) is 6.81. The summed E-state index contributed by atoms with van der Waals surface area (Å²) in [7, 11) is 1.62. The number of ether oxygens (including phenoxy) is 4. The number of hydrogen-bond acceptors (Lipinski definition) is 10. The van der Waals surface area contributed by atoms with Crippen molar-refractivity contribution in [1.82, 2.24) is 36.3 Å². The van der Waals surface area contributed by atoms with Crippen molar-refractivity contribution in [1.29, 1.82) is 0 Å². The number of urea groups is 1. The number of amides is 4. The van der Waals surface area contributed by atoms with Gasteiger partial charge in [-0.1, -0.05) is 11.6 Å². The van der Waals surface area contributed by atoms with Gasteiger partial charge < -0.3 is 40.2 Å². The van der Waals surface area contributed by atoms with Crippen LogP contribution in [0.2, 0.25) is 0 Å². The molecule has 48 heavy (non-hydrogen) atoms. The molecule has 1 aromatic heterocycles. The van der Waals surface area contributed by atoms with E-state index in [4.69, 9.17) is 18.9 Å². The summed E-state index contributed by atoms with van der Waals surface area (Å²) in [5, 5.41) is 20.7. The first kappa shape index (κ1) is 40.0. The van der Waals surface area contributed by atoms with Gasteiger partial charge in [0.05, 0.1) is 74.6 Å². The Kier molecular flexibility index (Phi) is 15.9. The Balaban J connectivity index is 1.19. The molecule has 15 heteroatoms. The molecule has 0 radical (unpaired) electrons. The average Bonchev–Trinajstić information content (AvgIpc) is 3.71. The lowest BCUT2D eigenvalue weighted by molar-refractivity contribution is -0.125. The lowest BCUT2D eigenvalue weighted by Gasteiger charge is -2.30. The maximum Gasteiger partial charge on any atom is 0.315 e.